The molecule has 1 fully saturated rings. The van der Waals surface area contributed by atoms with E-state index in [1.165, 1.54) is 24.0 Å². The first kappa shape index (κ1) is 18.5. The maximum atomic E-state index is 12.7. The van der Waals surface area contributed by atoms with Crippen molar-refractivity contribution in [1.82, 2.24) is 9.80 Å². The molecule has 1 atom stereocenters. The molecule has 2 aliphatic rings. The Balaban J connectivity index is 1.53. The summed E-state index contributed by atoms with van der Waals surface area (Å²) in [6.07, 6.45) is 3.85. The number of piperazine rings is 1. The van der Waals surface area contributed by atoms with Crippen LogP contribution in [0.15, 0.2) is 18.2 Å². The van der Waals surface area contributed by atoms with Crippen molar-refractivity contribution >= 4 is 12.0 Å². The molecule has 0 bridgehead atoms. The lowest BCUT2D eigenvalue weighted by Gasteiger charge is -2.35. The Kier molecular flexibility index (Phi) is 6.01. The maximum Gasteiger partial charge on any atom is 0.409 e. The van der Waals surface area contributed by atoms with E-state index in [4.69, 9.17) is 9.47 Å². The Hall–Kier alpha value is -2.24. The van der Waals surface area contributed by atoms with Gasteiger partial charge in [-0.3, -0.25) is 4.79 Å². The number of benzene rings is 1. The van der Waals surface area contributed by atoms with Crippen LogP contribution in [-0.2, 0) is 22.4 Å². The summed E-state index contributed by atoms with van der Waals surface area (Å²) in [5.41, 5.74) is 2.74. The van der Waals surface area contributed by atoms with Crippen LogP contribution in [0.2, 0.25) is 0 Å². The van der Waals surface area contributed by atoms with E-state index in [0.29, 0.717) is 32.8 Å². The number of fused-ring (bicyclic) bond motifs is 1. The fourth-order valence-corrected chi connectivity index (χ4v) is 3.62. The molecule has 26 heavy (non-hydrogen) atoms. The molecular formula is C20H28N2O4. The summed E-state index contributed by atoms with van der Waals surface area (Å²) in [4.78, 5) is 27.8. The van der Waals surface area contributed by atoms with E-state index in [9.17, 15) is 9.59 Å². The zero-order valence-electron chi connectivity index (χ0n) is 15.7. The summed E-state index contributed by atoms with van der Waals surface area (Å²) >= 11 is 0. The van der Waals surface area contributed by atoms with Gasteiger partial charge in [0.2, 0.25) is 0 Å². The Labute approximate surface area is 155 Å². The lowest BCUT2D eigenvalue weighted by atomic mass is 9.92. The van der Waals surface area contributed by atoms with Gasteiger partial charge < -0.3 is 19.3 Å². The molecule has 1 aromatic rings. The van der Waals surface area contributed by atoms with Gasteiger partial charge >= 0.3 is 6.09 Å². The SMILES string of the molecule is CCOC(=O)N1CCN(C(=O)C(C)Oc2ccc3c(c2)CCCC3)CC1. The largest absolute Gasteiger partial charge is 0.481 e. The molecular weight excluding hydrogens is 332 g/mol. The van der Waals surface area contributed by atoms with Gasteiger partial charge in [-0.25, -0.2) is 4.79 Å². The van der Waals surface area contributed by atoms with Gasteiger partial charge in [-0.15, -0.1) is 0 Å². The van der Waals surface area contributed by atoms with Crippen molar-refractivity contribution in [1.29, 1.82) is 0 Å². The smallest absolute Gasteiger partial charge is 0.409 e. The van der Waals surface area contributed by atoms with Gasteiger partial charge in [0, 0.05) is 26.2 Å². The highest BCUT2D eigenvalue weighted by Gasteiger charge is 2.28. The van der Waals surface area contributed by atoms with Gasteiger partial charge in [0.25, 0.3) is 5.91 Å². The number of ether oxygens (including phenoxy) is 2. The molecule has 0 saturated carbocycles. The zero-order chi connectivity index (χ0) is 18.5. The molecule has 1 aliphatic heterocycles. The molecule has 1 unspecified atom stereocenters. The Morgan fingerprint density at radius 3 is 2.38 bits per heavy atom. The topological polar surface area (TPSA) is 59.1 Å². The maximum absolute atomic E-state index is 12.7. The minimum absolute atomic E-state index is 0.0359. The number of aryl methyl sites for hydroxylation is 2. The molecule has 6 nitrogen and oxygen atoms in total. The number of carbonyl (C=O) groups is 2. The van der Waals surface area contributed by atoms with Crippen molar-refractivity contribution in [3.63, 3.8) is 0 Å². The standard InChI is InChI=1S/C20H28N2O4/c1-3-25-20(24)22-12-10-21(11-13-22)19(23)15(2)26-18-9-8-16-6-4-5-7-17(16)14-18/h8-9,14-15H,3-7,10-13H2,1-2H3. The van der Waals surface area contributed by atoms with Gasteiger partial charge in [0.1, 0.15) is 5.75 Å². The van der Waals surface area contributed by atoms with Gasteiger partial charge in [-0.05, 0) is 62.8 Å². The molecule has 0 aromatic heterocycles. The third-order valence-corrected chi connectivity index (χ3v) is 5.10. The van der Waals surface area contributed by atoms with Crippen molar-refractivity contribution < 1.29 is 19.1 Å². The molecule has 0 radical (unpaired) electrons. The van der Waals surface area contributed by atoms with Crippen LogP contribution in [0, 0.1) is 0 Å². The highest BCUT2D eigenvalue weighted by Crippen LogP contribution is 2.26. The van der Waals surface area contributed by atoms with E-state index in [-0.39, 0.29) is 12.0 Å². The van der Waals surface area contributed by atoms with Crippen LogP contribution in [0.3, 0.4) is 0 Å². The van der Waals surface area contributed by atoms with E-state index < -0.39 is 6.10 Å². The molecule has 0 spiro atoms. The van der Waals surface area contributed by atoms with Crippen LogP contribution in [0.1, 0.15) is 37.8 Å². The first-order valence-corrected chi connectivity index (χ1v) is 9.57. The summed E-state index contributed by atoms with van der Waals surface area (Å²) in [6.45, 7) is 5.96. The van der Waals surface area contributed by atoms with Crippen molar-refractivity contribution in [2.24, 2.45) is 0 Å². The fraction of sp³-hybridized carbons (Fsp3) is 0.600. The van der Waals surface area contributed by atoms with Gasteiger partial charge in [-0.2, -0.15) is 0 Å². The van der Waals surface area contributed by atoms with Crippen LogP contribution >= 0.6 is 0 Å². The lowest BCUT2D eigenvalue weighted by molar-refractivity contribution is -0.139. The second-order valence-corrected chi connectivity index (χ2v) is 6.91. The van der Waals surface area contributed by atoms with E-state index in [2.05, 4.69) is 12.1 Å². The highest BCUT2D eigenvalue weighted by molar-refractivity contribution is 5.81. The summed E-state index contributed by atoms with van der Waals surface area (Å²) in [5.74, 6) is 0.725. The molecule has 3 rings (SSSR count). The molecule has 1 aromatic carbocycles. The number of rotatable bonds is 4. The zero-order valence-corrected chi connectivity index (χ0v) is 15.7. The van der Waals surface area contributed by atoms with Gasteiger partial charge in [-0.1, -0.05) is 6.07 Å². The third-order valence-electron chi connectivity index (χ3n) is 5.10. The van der Waals surface area contributed by atoms with Crippen LogP contribution in [0.5, 0.6) is 5.75 Å². The Morgan fingerprint density at radius 2 is 1.69 bits per heavy atom. The van der Waals surface area contributed by atoms with Crippen LogP contribution in [-0.4, -0.2) is 60.7 Å². The predicted octanol–water partition coefficient (Wildman–Crippen LogP) is 2.63. The quantitative estimate of drug-likeness (QED) is 0.828. The first-order valence-electron chi connectivity index (χ1n) is 9.57. The predicted molar refractivity (Wildman–Crippen MR) is 98.3 cm³/mol. The summed E-state index contributed by atoms with van der Waals surface area (Å²) in [6, 6.07) is 6.17. The normalized spacial score (nSPS) is 18.1. The van der Waals surface area contributed by atoms with Crippen LogP contribution in [0.25, 0.3) is 0 Å². The second-order valence-electron chi connectivity index (χ2n) is 6.91. The summed E-state index contributed by atoms with van der Waals surface area (Å²) in [7, 11) is 0. The summed E-state index contributed by atoms with van der Waals surface area (Å²) in [5, 5.41) is 0. The van der Waals surface area contributed by atoms with Crippen LogP contribution in [0.4, 0.5) is 4.79 Å². The van der Waals surface area contributed by atoms with Crippen molar-refractivity contribution in [2.45, 2.75) is 45.6 Å². The number of hydrogen-bond donors (Lipinski definition) is 0. The van der Waals surface area contributed by atoms with E-state index in [1.807, 2.05) is 6.07 Å². The van der Waals surface area contributed by atoms with Crippen LogP contribution < -0.4 is 4.74 Å². The Morgan fingerprint density at radius 1 is 1.04 bits per heavy atom. The summed E-state index contributed by atoms with van der Waals surface area (Å²) < 4.78 is 10.9. The molecule has 1 heterocycles. The number of amides is 2. The number of carbonyl (C=O) groups excluding carboxylic acids is 2. The molecule has 2 amide bonds. The average Bonchev–Trinajstić information content (AvgIpc) is 2.67. The molecule has 1 aliphatic carbocycles. The molecule has 0 N–H and O–H groups in total. The molecule has 6 heteroatoms. The van der Waals surface area contributed by atoms with E-state index in [0.717, 1.165) is 18.6 Å². The number of hydrogen-bond acceptors (Lipinski definition) is 4. The van der Waals surface area contributed by atoms with Crippen molar-refractivity contribution in [2.75, 3.05) is 32.8 Å². The highest BCUT2D eigenvalue weighted by atomic mass is 16.6. The molecule has 142 valence electrons. The van der Waals surface area contributed by atoms with Crippen molar-refractivity contribution in [3.05, 3.63) is 29.3 Å². The number of nitrogens with zero attached hydrogens (tertiary/aromatic N) is 2. The van der Waals surface area contributed by atoms with Gasteiger partial charge in [0.15, 0.2) is 6.10 Å². The lowest BCUT2D eigenvalue weighted by Crippen LogP contribution is -2.53. The monoisotopic (exact) mass is 360 g/mol. The molecule has 1 saturated heterocycles. The fourth-order valence-electron chi connectivity index (χ4n) is 3.62. The van der Waals surface area contributed by atoms with Gasteiger partial charge in [0.05, 0.1) is 6.61 Å². The van der Waals surface area contributed by atoms with Crippen molar-refractivity contribution in [3.8, 4) is 5.75 Å². The minimum Gasteiger partial charge on any atom is -0.481 e. The minimum atomic E-state index is -0.536. The first-order chi connectivity index (χ1) is 12.6. The third kappa shape index (κ3) is 4.29. The van der Waals surface area contributed by atoms with E-state index in [1.54, 1.807) is 23.6 Å². The van der Waals surface area contributed by atoms with E-state index >= 15 is 0 Å². The second kappa shape index (κ2) is 8.43. The Bertz CT molecular complexity index is 653. The average molecular weight is 360 g/mol.